The lowest BCUT2D eigenvalue weighted by Crippen LogP contribution is -2.48. The van der Waals surface area contributed by atoms with Crippen molar-refractivity contribution in [1.82, 2.24) is 10.2 Å². The second-order valence-electron chi connectivity index (χ2n) is 4.51. The number of carbonyl (C=O) groups excluding carboxylic acids is 1. The maximum absolute atomic E-state index is 12.2. The first-order valence-corrected chi connectivity index (χ1v) is 6.39. The fraction of sp³-hybridized carbons (Fsp3) is 0.833. The largest absolute Gasteiger partial charge is 0.480 e. The third kappa shape index (κ3) is 4.73. The van der Waals surface area contributed by atoms with Gasteiger partial charge in [0.15, 0.2) is 0 Å². The lowest BCUT2D eigenvalue weighted by atomic mass is 10.1. The Morgan fingerprint density at radius 1 is 1.35 bits per heavy atom. The summed E-state index contributed by atoms with van der Waals surface area (Å²) in [6.45, 7) is 3.13. The zero-order chi connectivity index (χ0) is 12.7. The molecule has 98 valence electrons. The molecule has 1 unspecified atom stereocenters. The zero-order valence-corrected chi connectivity index (χ0v) is 10.4. The Hall–Kier alpha value is -1.10. The van der Waals surface area contributed by atoms with Gasteiger partial charge in [0.25, 0.3) is 0 Å². The minimum Gasteiger partial charge on any atom is -0.480 e. The lowest BCUT2D eigenvalue weighted by molar-refractivity contribution is -0.145. The molecule has 1 fully saturated rings. The van der Waals surface area contributed by atoms with Crippen LogP contribution in [0.25, 0.3) is 0 Å². The molecule has 0 aromatic heterocycles. The topological polar surface area (TPSA) is 69.6 Å². The van der Waals surface area contributed by atoms with Gasteiger partial charge in [-0.3, -0.25) is 9.59 Å². The van der Waals surface area contributed by atoms with Crippen LogP contribution in [0.1, 0.15) is 39.0 Å². The van der Waals surface area contributed by atoms with E-state index in [1.807, 2.05) is 6.92 Å². The van der Waals surface area contributed by atoms with Crippen molar-refractivity contribution in [3.8, 4) is 0 Å². The molecule has 0 aromatic rings. The van der Waals surface area contributed by atoms with Gasteiger partial charge in [-0.15, -0.1) is 0 Å². The first-order valence-electron chi connectivity index (χ1n) is 6.39. The molecule has 5 nitrogen and oxygen atoms in total. The van der Waals surface area contributed by atoms with Crippen LogP contribution in [-0.4, -0.2) is 47.6 Å². The molecule has 2 N–H and O–H groups in total. The van der Waals surface area contributed by atoms with Gasteiger partial charge in [0.1, 0.15) is 6.54 Å². The molecule has 1 heterocycles. The highest BCUT2D eigenvalue weighted by Gasteiger charge is 2.25. The highest BCUT2D eigenvalue weighted by Crippen LogP contribution is 2.11. The molecule has 1 amide bonds. The van der Waals surface area contributed by atoms with Crippen LogP contribution in [0.15, 0.2) is 0 Å². The number of aliphatic carboxylic acids is 1. The summed E-state index contributed by atoms with van der Waals surface area (Å²) in [5.74, 6) is -1.00. The minimum atomic E-state index is -0.944. The molecule has 1 saturated heterocycles. The molecule has 0 bridgehead atoms. The quantitative estimate of drug-likeness (QED) is 0.749. The fourth-order valence-electron chi connectivity index (χ4n) is 2.16. The summed E-state index contributed by atoms with van der Waals surface area (Å²) in [4.78, 5) is 24.4. The molecule has 0 spiro atoms. The number of carboxylic acids is 1. The summed E-state index contributed by atoms with van der Waals surface area (Å²) in [7, 11) is 0. The Balaban J connectivity index is 2.57. The number of carbonyl (C=O) groups is 2. The maximum atomic E-state index is 12.2. The van der Waals surface area contributed by atoms with E-state index in [0.29, 0.717) is 6.54 Å². The summed E-state index contributed by atoms with van der Waals surface area (Å²) in [5.41, 5.74) is 0. The minimum absolute atomic E-state index is 0.0591. The molecular weight excluding hydrogens is 220 g/mol. The van der Waals surface area contributed by atoms with Crippen LogP contribution in [0.5, 0.6) is 0 Å². The van der Waals surface area contributed by atoms with Crippen LogP contribution in [0.2, 0.25) is 0 Å². The van der Waals surface area contributed by atoms with Crippen molar-refractivity contribution in [2.75, 3.05) is 19.6 Å². The standard InChI is InChI=1S/C12H22N2O3/c1-2-8-14(9-11(15)16)12(17)10-6-4-3-5-7-13-10/h10,13H,2-9H2,1H3,(H,15,16). The molecule has 5 heteroatoms. The van der Waals surface area contributed by atoms with Gasteiger partial charge >= 0.3 is 5.97 Å². The van der Waals surface area contributed by atoms with Crippen molar-refractivity contribution in [3.05, 3.63) is 0 Å². The van der Waals surface area contributed by atoms with Gasteiger partial charge in [0.2, 0.25) is 5.91 Å². The van der Waals surface area contributed by atoms with Crippen molar-refractivity contribution < 1.29 is 14.7 Å². The summed E-state index contributed by atoms with van der Waals surface area (Å²) in [6.07, 6.45) is 4.88. The number of amides is 1. The summed E-state index contributed by atoms with van der Waals surface area (Å²) in [6, 6.07) is -0.191. The van der Waals surface area contributed by atoms with Crippen LogP contribution in [0.4, 0.5) is 0 Å². The van der Waals surface area contributed by atoms with Crippen LogP contribution in [0.3, 0.4) is 0 Å². The van der Waals surface area contributed by atoms with E-state index in [-0.39, 0.29) is 18.5 Å². The third-order valence-corrected chi connectivity index (χ3v) is 2.99. The number of hydrogen-bond acceptors (Lipinski definition) is 3. The number of carboxylic acid groups (broad SMARTS) is 1. The maximum Gasteiger partial charge on any atom is 0.323 e. The van der Waals surface area contributed by atoms with Crippen molar-refractivity contribution >= 4 is 11.9 Å². The monoisotopic (exact) mass is 242 g/mol. The number of nitrogens with zero attached hydrogens (tertiary/aromatic N) is 1. The van der Waals surface area contributed by atoms with E-state index in [1.54, 1.807) is 0 Å². The molecule has 0 radical (unpaired) electrons. The first-order chi connectivity index (χ1) is 8.15. The second kappa shape index (κ2) is 7.27. The molecule has 0 saturated carbocycles. The normalized spacial score (nSPS) is 20.6. The van der Waals surface area contributed by atoms with Crippen molar-refractivity contribution in [2.24, 2.45) is 0 Å². The number of hydrogen-bond donors (Lipinski definition) is 2. The molecule has 1 atom stereocenters. The summed E-state index contributed by atoms with van der Waals surface area (Å²) < 4.78 is 0. The van der Waals surface area contributed by atoms with Gasteiger partial charge in [0, 0.05) is 6.54 Å². The fourth-order valence-corrected chi connectivity index (χ4v) is 2.16. The predicted octanol–water partition coefficient (Wildman–Crippen LogP) is 0.842. The molecule has 0 aliphatic carbocycles. The molecule has 1 aliphatic rings. The average Bonchev–Trinajstić information content (AvgIpc) is 2.55. The van der Waals surface area contributed by atoms with E-state index in [4.69, 9.17) is 5.11 Å². The van der Waals surface area contributed by atoms with Crippen molar-refractivity contribution in [1.29, 1.82) is 0 Å². The average molecular weight is 242 g/mol. The Bertz CT molecular complexity index is 260. The molecular formula is C12H22N2O3. The number of nitrogens with one attached hydrogen (secondary N) is 1. The van der Waals surface area contributed by atoms with Crippen LogP contribution < -0.4 is 5.32 Å². The van der Waals surface area contributed by atoms with E-state index in [2.05, 4.69) is 5.32 Å². The van der Waals surface area contributed by atoms with Crippen LogP contribution in [-0.2, 0) is 9.59 Å². The predicted molar refractivity (Wildman–Crippen MR) is 64.8 cm³/mol. The Morgan fingerprint density at radius 3 is 2.76 bits per heavy atom. The van der Waals surface area contributed by atoms with E-state index in [9.17, 15) is 9.59 Å². The molecule has 1 rings (SSSR count). The lowest BCUT2D eigenvalue weighted by Gasteiger charge is -2.25. The van der Waals surface area contributed by atoms with Gasteiger partial charge in [-0.05, 0) is 25.8 Å². The van der Waals surface area contributed by atoms with Gasteiger partial charge in [-0.2, -0.15) is 0 Å². The van der Waals surface area contributed by atoms with Gasteiger partial charge in [0.05, 0.1) is 6.04 Å². The summed E-state index contributed by atoms with van der Waals surface area (Å²) in [5, 5.41) is 12.0. The Kier molecular flexibility index (Phi) is 5.97. The van der Waals surface area contributed by atoms with Crippen molar-refractivity contribution in [2.45, 2.75) is 45.1 Å². The number of rotatable bonds is 5. The van der Waals surface area contributed by atoms with Crippen LogP contribution >= 0.6 is 0 Å². The Labute approximate surface area is 102 Å². The molecule has 17 heavy (non-hydrogen) atoms. The first kappa shape index (κ1) is 14.0. The Morgan fingerprint density at radius 2 is 2.12 bits per heavy atom. The zero-order valence-electron chi connectivity index (χ0n) is 10.4. The van der Waals surface area contributed by atoms with Gasteiger partial charge < -0.3 is 15.3 Å². The van der Waals surface area contributed by atoms with Gasteiger partial charge in [-0.25, -0.2) is 0 Å². The third-order valence-electron chi connectivity index (χ3n) is 2.99. The highest BCUT2D eigenvalue weighted by atomic mass is 16.4. The van der Waals surface area contributed by atoms with Gasteiger partial charge in [-0.1, -0.05) is 19.8 Å². The van der Waals surface area contributed by atoms with Crippen molar-refractivity contribution in [3.63, 3.8) is 0 Å². The van der Waals surface area contributed by atoms with E-state index >= 15 is 0 Å². The SMILES string of the molecule is CCCN(CC(=O)O)C(=O)C1CCCCCN1. The molecule has 1 aliphatic heterocycles. The van der Waals surface area contributed by atoms with E-state index in [1.165, 1.54) is 4.90 Å². The smallest absolute Gasteiger partial charge is 0.323 e. The molecule has 0 aromatic carbocycles. The second-order valence-corrected chi connectivity index (χ2v) is 4.51. The summed E-state index contributed by atoms with van der Waals surface area (Å²) >= 11 is 0. The van der Waals surface area contributed by atoms with Crippen LogP contribution in [0, 0.1) is 0 Å². The van der Waals surface area contributed by atoms with E-state index < -0.39 is 5.97 Å². The highest BCUT2D eigenvalue weighted by molar-refractivity contribution is 5.85. The van der Waals surface area contributed by atoms with E-state index in [0.717, 1.165) is 38.6 Å².